The molecule has 0 aliphatic carbocycles. The molecule has 0 radical (unpaired) electrons. The second-order valence-corrected chi connectivity index (χ2v) is 6.06. The zero-order valence-electron chi connectivity index (χ0n) is 12.7. The van der Waals surface area contributed by atoms with Crippen molar-refractivity contribution in [2.24, 2.45) is 11.7 Å². The Kier molecular flexibility index (Phi) is 3.98. The molecule has 1 saturated heterocycles. The summed E-state index contributed by atoms with van der Waals surface area (Å²) in [5.41, 5.74) is 6.50. The molecular formula is C17H21N3O2. The Bertz CT molecular complexity index is 753. The van der Waals surface area contributed by atoms with Crippen LogP contribution in [0.15, 0.2) is 41.3 Å². The van der Waals surface area contributed by atoms with Gasteiger partial charge in [-0.15, -0.1) is 0 Å². The average molecular weight is 299 g/mol. The number of carbonyl (C=O) groups is 1. The van der Waals surface area contributed by atoms with Crippen molar-refractivity contribution in [2.45, 2.75) is 25.9 Å². The lowest BCUT2D eigenvalue weighted by molar-refractivity contribution is -0.132. The molecule has 1 aliphatic rings. The first-order chi connectivity index (χ1) is 10.6. The molecule has 2 aromatic rings. The van der Waals surface area contributed by atoms with Gasteiger partial charge in [-0.3, -0.25) is 9.59 Å². The molecule has 5 heteroatoms. The predicted molar refractivity (Wildman–Crippen MR) is 86.5 cm³/mol. The fourth-order valence-electron chi connectivity index (χ4n) is 3.30. The minimum atomic E-state index is -0.0166. The monoisotopic (exact) mass is 299 g/mol. The number of aromatic nitrogens is 1. The van der Waals surface area contributed by atoms with Crippen molar-refractivity contribution >= 4 is 16.8 Å². The largest absolute Gasteiger partial charge is 0.338 e. The Hall–Kier alpha value is -2.14. The highest BCUT2D eigenvalue weighted by molar-refractivity contribution is 5.82. The van der Waals surface area contributed by atoms with Crippen molar-refractivity contribution in [1.29, 1.82) is 0 Å². The summed E-state index contributed by atoms with van der Waals surface area (Å²) in [5.74, 6) is 0.474. The van der Waals surface area contributed by atoms with Crippen LogP contribution in [0.2, 0.25) is 0 Å². The Labute approximate surface area is 129 Å². The molecule has 0 spiro atoms. The summed E-state index contributed by atoms with van der Waals surface area (Å²) in [6, 6.07) is 9.13. The number of nitrogens with zero attached hydrogens (tertiary/aromatic N) is 2. The second kappa shape index (κ2) is 5.93. The quantitative estimate of drug-likeness (QED) is 0.926. The molecule has 1 aliphatic heterocycles. The lowest BCUT2D eigenvalue weighted by Gasteiger charge is -2.22. The van der Waals surface area contributed by atoms with Gasteiger partial charge in [0.1, 0.15) is 6.54 Å². The number of carbonyl (C=O) groups excluding carboxylic acids is 1. The summed E-state index contributed by atoms with van der Waals surface area (Å²) in [4.78, 5) is 26.4. The molecule has 2 unspecified atom stereocenters. The van der Waals surface area contributed by atoms with Crippen LogP contribution in [0.1, 0.15) is 13.3 Å². The van der Waals surface area contributed by atoms with E-state index in [9.17, 15) is 9.59 Å². The molecule has 116 valence electrons. The van der Waals surface area contributed by atoms with Gasteiger partial charge in [-0.1, -0.05) is 12.1 Å². The molecule has 2 atom stereocenters. The predicted octanol–water partition coefficient (Wildman–Crippen LogP) is 1.20. The Balaban J connectivity index is 1.86. The maximum Gasteiger partial charge on any atom is 0.242 e. The lowest BCUT2D eigenvalue weighted by Crippen LogP contribution is -2.37. The standard InChI is InChI=1S/C17H21N3O2/c1-12-8-13(9-18)10-20(12)17(22)11-19-7-6-16(21)14-4-2-3-5-15(14)19/h2-7,12-13H,8-11,18H2,1H3. The van der Waals surface area contributed by atoms with E-state index in [4.69, 9.17) is 5.73 Å². The van der Waals surface area contributed by atoms with E-state index in [0.717, 1.165) is 18.5 Å². The van der Waals surface area contributed by atoms with Crippen LogP contribution in [0.3, 0.4) is 0 Å². The maximum atomic E-state index is 12.6. The topological polar surface area (TPSA) is 68.3 Å². The van der Waals surface area contributed by atoms with Gasteiger partial charge < -0.3 is 15.2 Å². The van der Waals surface area contributed by atoms with Crippen LogP contribution in [0.4, 0.5) is 0 Å². The lowest BCUT2D eigenvalue weighted by atomic mass is 10.1. The van der Waals surface area contributed by atoms with Crippen molar-refractivity contribution in [2.75, 3.05) is 13.1 Å². The summed E-state index contributed by atoms with van der Waals surface area (Å²) in [6.45, 7) is 3.67. The average Bonchev–Trinajstić information content (AvgIpc) is 2.91. The van der Waals surface area contributed by atoms with Crippen molar-refractivity contribution in [1.82, 2.24) is 9.47 Å². The van der Waals surface area contributed by atoms with Gasteiger partial charge in [0.15, 0.2) is 5.43 Å². The highest BCUT2D eigenvalue weighted by Gasteiger charge is 2.31. The summed E-state index contributed by atoms with van der Waals surface area (Å²) >= 11 is 0. The normalized spacial score (nSPS) is 21.5. The van der Waals surface area contributed by atoms with Gasteiger partial charge in [0.25, 0.3) is 0 Å². The second-order valence-electron chi connectivity index (χ2n) is 6.06. The first-order valence-corrected chi connectivity index (χ1v) is 7.68. The van der Waals surface area contributed by atoms with Crippen LogP contribution < -0.4 is 11.2 Å². The maximum absolute atomic E-state index is 12.6. The molecule has 1 fully saturated rings. The molecule has 2 heterocycles. The zero-order chi connectivity index (χ0) is 15.7. The minimum absolute atomic E-state index is 0.0166. The number of pyridine rings is 1. The number of amides is 1. The van der Waals surface area contributed by atoms with Crippen molar-refractivity contribution in [3.8, 4) is 0 Å². The van der Waals surface area contributed by atoms with Crippen LogP contribution in [-0.2, 0) is 11.3 Å². The van der Waals surface area contributed by atoms with E-state index < -0.39 is 0 Å². The number of nitrogens with two attached hydrogens (primary N) is 1. The third-order valence-corrected chi connectivity index (χ3v) is 4.51. The van der Waals surface area contributed by atoms with E-state index in [0.29, 0.717) is 17.8 Å². The minimum Gasteiger partial charge on any atom is -0.338 e. The Morgan fingerprint density at radius 3 is 2.82 bits per heavy atom. The fraction of sp³-hybridized carbons (Fsp3) is 0.412. The van der Waals surface area contributed by atoms with Crippen molar-refractivity contribution in [3.63, 3.8) is 0 Å². The van der Waals surface area contributed by atoms with Crippen molar-refractivity contribution < 1.29 is 4.79 Å². The molecule has 1 amide bonds. The number of hydrogen-bond acceptors (Lipinski definition) is 3. The highest BCUT2D eigenvalue weighted by Crippen LogP contribution is 2.22. The van der Waals surface area contributed by atoms with Gasteiger partial charge in [0.2, 0.25) is 5.91 Å². The van der Waals surface area contributed by atoms with Gasteiger partial charge in [-0.2, -0.15) is 0 Å². The first kappa shape index (κ1) is 14.8. The van der Waals surface area contributed by atoms with Crippen LogP contribution in [-0.4, -0.2) is 34.5 Å². The van der Waals surface area contributed by atoms with Gasteiger partial charge in [0.05, 0.1) is 5.52 Å². The summed E-state index contributed by atoms with van der Waals surface area (Å²) < 4.78 is 1.85. The zero-order valence-corrected chi connectivity index (χ0v) is 12.7. The Morgan fingerprint density at radius 1 is 1.32 bits per heavy atom. The summed E-state index contributed by atoms with van der Waals surface area (Å²) in [7, 11) is 0. The molecule has 0 bridgehead atoms. The number of hydrogen-bond donors (Lipinski definition) is 1. The molecule has 1 aromatic carbocycles. The number of fused-ring (bicyclic) bond motifs is 1. The highest BCUT2D eigenvalue weighted by atomic mass is 16.2. The fourth-order valence-corrected chi connectivity index (χ4v) is 3.30. The number of benzene rings is 1. The number of likely N-dealkylation sites (tertiary alicyclic amines) is 1. The van der Waals surface area contributed by atoms with E-state index in [1.54, 1.807) is 12.3 Å². The summed E-state index contributed by atoms with van der Waals surface area (Å²) in [6.07, 6.45) is 2.66. The van der Waals surface area contributed by atoms with Crippen molar-refractivity contribution in [3.05, 3.63) is 46.8 Å². The first-order valence-electron chi connectivity index (χ1n) is 7.68. The number of rotatable bonds is 3. The van der Waals surface area contributed by atoms with Crippen LogP contribution in [0.25, 0.3) is 10.9 Å². The Morgan fingerprint density at radius 2 is 2.09 bits per heavy atom. The van der Waals surface area contributed by atoms with Gasteiger partial charge in [-0.05, 0) is 37.9 Å². The van der Waals surface area contributed by atoms with E-state index in [1.165, 1.54) is 6.07 Å². The molecule has 0 saturated carbocycles. The van der Waals surface area contributed by atoms with Gasteiger partial charge in [-0.25, -0.2) is 0 Å². The third-order valence-electron chi connectivity index (χ3n) is 4.51. The summed E-state index contributed by atoms with van der Waals surface area (Å²) in [5, 5.41) is 0.645. The van der Waals surface area contributed by atoms with E-state index in [1.807, 2.05) is 27.7 Å². The molecular weight excluding hydrogens is 278 g/mol. The molecule has 3 rings (SSSR count). The third kappa shape index (κ3) is 2.64. The van der Waals surface area contributed by atoms with Gasteiger partial charge in [0, 0.05) is 30.2 Å². The van der Waals surface area contributed by atoms with E-state index in [2.05, 4.69) is 6.92 Å². The van der Waals surface area contributed by atoms with Crippen LogP contribution in [0, 0.1) is 5.92 Å². The molecule has 22 heavy (non-hydrogen) atoms. The molecule has 2 N–H and O–H groups in total. The molecule has 1 aromatic heterocycles. The number of para-hydroxylation sites is 1. The SMILES string of the molecule is CC1CC(CN)CN1C(=O)Cn1ccc(=O)c2ccccc21. The smallest absolute Gasteiger partial charge is 0.242 e. The van der Waals surface area contributed by atoms with Crippen LogP contribution >= 0.6 is 0 Å². The molecule has 5 nitrogen and oxygen atoms in total. The van der Waals surface area contributed by atoms with Crippen LogP contribution in [0.5, 0.6) is 0 Å². The van der Waals surface area contributed by atoms with E-state index >= 15 is 0 Å². The van der Waals surface area contributed by atoms with Gasteiger partial charge >= 0.3 is 0 Å². The van der Waals surface area contributed by atoms with E-state index in [-0.39, 0.29) is 23.9 Å².